The van der Waals surface area contributed by atoms with E-state index in [9.17, 15) is 14.9 Å². The smallest absolute Gasteiger partial charge is 0.270 e. The number of aromatic nitrogens is 1. The largest absolute Gasteiger partial charge is 0.273 e. The molecular formula is C18H12N4O3S. The van der Waals surface area contributed by atoms with Crippen molar-refractivity contribution in [3.63, 3.8) is 0 Å². The average Bonchev–Trinajstić information content (AvgIpc) is 3.07. The number of amides is 1. The number of rotatable bonds is 4. The van der Waals surface area contributed by atoms with Crippen LogP contribution in [0.2, 0.25) is 0 Å². The third-order valence-corrected chi connectivity index (χ3v) is 4.83. The summed E-state index contributed by atoms with van der Waals surface area (Å²) < 4.78 is 0.668. The summed E-state index contributed by atoms with van der Waals surface area (Å²) in [6.07, 6.45) is 0. The van der Waals surface area contributed by atoms with Crippen LogP contribution in [0.15, 0.2) is 60.7 Å². The maximum absolute atomic E-state index is 12.5. The zero-order valence-corrected chi connectivity index (χ0v) is 14.1. The summed E-state index contributed by atoms with van der Waals surface area (Å²) in [5.41, 5.74) is 6.60. The molecule has 1 aromatic heterocycles. The molecule has 0 bridgehead atoms. The molecule has 0 aliphatic rings. The highest BCUT2D eigenvalue weighted by Gasteiger charge is 2.12. The minimum atomic E-state index is -0.450. The Hall–Kier alpha value is -3.52. The Morgan fingerprint density at radius 3 is 2.73 bits per heavy atom. The predicted octanol–water partition coefficient (Wildman–Crippen LogP) is 4.11. The van der Waals surface area contributed by atoms with E-state index >= 15 is 0 Å². The van der Waals surface area contributed by atoms with E-state index in [-0.39, 0.29) is 11.6 Å². The number of anilines is 1. The monoisotopic (exact) mass is 364 g/mol. The summed E-state index contributed by atoms with van der Waals surface area (Å²) in [4.78, 5) is 27.2. The quantitative estimate of drug-likeness (QED) is 0.419. The van der Waals surface area contributed by atoms with Gasteiger partial charge < -0.3 is 0 Å². The van der Waals surface area contributed by atoms with Crippen molar-refractivity contribution in [2.24, 2.45) is 0 Å². The van der Waals surface area contributed by atoms with E-state index in [0.29, 0.717) is 20.9 Å². The van der Waals surface area contributed by atoms with E-state index in [1.54, 1.807) is 12.1 Å². The lowest BCUT2D eigenvalue weighted by atomic mass is 10.0. The first-order chi connectivity index (χ1) is 12.6. The zero-order chi connectivity index (χ0) is 18.1. The lowest BCUT2D eigenvalue weighted by Gasteiger charge is -2.08. The molecule has 0 saturated heterocycles. The summed E-state index contributed by atoms with van der Waals surface area (Å²) in [6.45, 7) is 0. The van der Waals surface area contributed by atoms with Crippen molar-refractivity contribution >= 4 is 49.1 Å². The van der Waals surface area contributed by atoms with Crippen LogP contribution < -0.4 is 10.9 Å². The van der Waals surface area contributed by atoms with Crippen LogP contribution in [0.1, 0.15) is 10.4 Å². The number of benzene rings is 3. The van der Waals surface area contributed by atoms with E-state index in [2.05, 4.69) is 15.8 Å². The molecule has 26 heavy (non-hydrogen) atoms. The Kier molecular flexibility index (Phi) is 3.94. The summed E-state index contributed by atoms with van der Waals surface area (Å²) in [5.74, 6) is -0.285. The molecule has 2 N–H and O–H groups in total. The number of fused-ring (bicyclic) bond motifs is 2. The number of carbonyl (C=O) groups is 1. The van der Waals surface area contributed by atoms with Crippen LogP contribution >= 0.6 is 11.3 Å². The summed E-state index contributed by atoms with van der Waals surface area (Å²) in [6, 6.07) is 17.6. The molecule has 0 aliphatic heterocycles. The number of nitro benzene ring substituents is 1. The second-order valence-corrected chi connectivity index (χ2v) is 6.56. The Labute approximate surface area is 151 Å². The Morgan fingerprint density at radius 2 is 1.88 bits per heavy atom. The van der Waals surface area contributed by atoms with Gasteiger partial charge in [-0.1, -0.05) is 47.7 Å². The molecule has 0 spiro atoms. The van der Waals surface area contributed by atoms with Crippen molar-refractivity contribution in [3.8, 4) is 0 Å². The summed E-state index contributed by atoms with van der Waals surface area (Å²) in [5, 5.41) is 13.1. The van der Waals surface area contributed by atoms with Crippen molar-refractivity contribution < 1.29 is 9.72 Å². The van der Waals surface area contributed by atoms with Crippen molar-refractivity contribution in [2.45, 2.75) is 0 Å². The van der Waals surface area contributed by atoms with Gasteiger partial charge in [-0.05, 0) is 22.9 Å². The lowest BCUT2D eigenvalue weighted by molar-refractivity contribution is -0.384. The van der Waals surface area contributed by atoms with Gasteiger partial charge in [-0.3, -0.25) is 25.8 Å². The van der Waals surface area contributed by atoms with E-state index in [1.165, 1.54) is 23.5 Å². The van der Waals surface area contributed by atoms with Gasteiger partial charge in [0.1, 0.15) is 0 Å². The third-order valence-electron chi connectivity index (χ3n) is 3.90. The van der Waals surface area contributed by atoms with E-state index in [4.69, 9.17) is 0 Å². The van der Waals surface area contributed by atoms with Gasteiger partial charge in [-0.2, -0.15) is 0 Å². The lowest BCUT2D eigenvalue weighted by Crippen LogP contribution is -2.29. The molecule has 0 atom stereocenters. The molecule has 3 aromatic carbocycles. The molecule has 4 rings (SSSR count). The third kappa shape index (κ3) is 2.93. The standard InChI is InChI=1S/C18H12N4O3S/c23-17(14-7-3-5-11-4-1-2-6-13(11)14)20-21-18-19-15-9-8-12(22(24)25)10-16(15)26-18/h1-10H,(H,19,21)(H,20,23). The molecule has 0 fully saturated rings. The number of hydrogen-bond donors (Lipinski definition) is 2. The van der Waals surface area contributed by atoms with Crippen LogP contribution in [-0.2, 0) is 0 Å². The number of carbonyl (C=O) groups excluding carboxylic acids is 1. The van der Waals surface area contributed by atoms with E-state index in [0.717, 1.165) is 10.8 Å². The number of hydrogen-bond acceptors (Lipinski definition) is 6. The van der Waals surface area contributed by atoms with Crippen LogP contribution in [-0.4, -0.2) is 15.8 Å². The molecule has 0 radical (unpaired) electrons. The molecule has 1 heterocycles. The fraction of sp³-hybridized carbons (Fsp3) is 0. The first-order valence-electron chi connectivity index (χ1n) is 7.71. The van der Waals surface area contributed by atoms with E-state index in [1.807, 2.05) is 36.4 Å². The Balaban J connectivity index is 1.55. The average molecular weight is 364 g/mol. The summed E-state index contributed by atoms with van der Waals surface area (Å²) in [7, 11) is 0. The minimum absolute atomic E-state index is 0.00694. The van der Waals surface area contributed by atoms with E-state index < -0.39 is 4.92 Å². The topological polar surface area (TPSA) is 97.2 Å². The van der Waals surface area contributed by atoms with Crippen LogP contribution in [0.5, 0.6) is 0 Å². The molecule has 7 nitrogen and oxygen atoms in total. The predicted molar refractivity (Wildman–Crippen MR) is 101 cm³/mol. The van der Waals surface area contributed by atoms with Crippen molar-refractivity contribution in [2.75, 3.05) is 5.43 Å². The van der Waals surface area contributed by atoms with Gasteiger partial charge in [0.05, 0.1) is 15.1 Å². The normalized spacial score (nSPS) is 10.8. The van der Waals surface area contributed by atoms with Gasteiger partial charge in [0.2, 0.25) is 5.13 Å². The minimum Gasteiger partial charge on any atom is -0.273 e. The van der Waals surface area contributed by atoms with Crippen LogP contribution in [0.25, 0.3) is 21.0 Å². The summed E-state index contributed by atoms with van der Waals surface area (Å²) >= 11 is 1.23. The van der Waals surface area contributed by atoms with Gasteiger partial charge >= 0.3 is 0 Å². The van der Waals surface area contributed by atoms with Gasteiger partial charge in [0.25, 0.3) is 11.6 Å². The molecular weight excluding hydrogens is 352 g/mol. The first kappa shape index (κ1) is 16.0. The molecule has 0 unspecified atom stereocenters. The Morgan fingerprint density at radius 1 is 1.08 bits per heavy atom. The molecule has 0 saturated carbocycles. The molecule has 128 valence electrons. The van der Waals surface area contributed by atoms with Crippen LogP contribution in [0.3, 0.4) is 0 Å². The van der Waals surface area contributed by atoms with Gasteiger partial charge in [-0.15, -0.1) is 0 Å². The highest BCUT2D eigenvalue weighted by molar-refractivity contribution is 7.22. The van der Waals surface area contributed by atoms with Crippen LogP contribution in [0.4, 0.5) is 10.8 Å². The zero-order valence-electron chi connectivity index (χ0n) is 13.3. The maximum Gasteiger partial charge on any atom is 0.270 e. The Bertz CT molecular complexity index is 1150. The number of nitrogens with one attached hydrogen (secondary N) is 2. The van der Waals surface area contributed by atoms with Crippen LogP contribution in [0, 0.1) is 10.1 Å². The van der Waals surface area contributed by atoms with Gasteiger partial charge in [0.15, 0.2) is 0 Å². The molecule has 8 heteroatoms. The highest BCUT2D eigenvalue weighted by Crippen LogP contribution is 2.28. The fourth-order valence-electron chi connectivity index (χ4n) is 2.68. The number of nitro groups is 1. The first-order valence-corrected chi connectivity index (χ1v) is 8.52. The number of hydrazine groups is 1. The van der Waals surface area contributed by atoms with Crippen molar-refractivity contribution in [1.82, 2.24) is 10.4 Å². The molecule has 4 aromatic rings. The molecule has 1 amide bonds. The second-order valence-electron chi connectivity index (χ2n) is 5.53. The van der Waals surface area contributed by atoms with Gasteiger partial charge in [-0.25, -0.2) is 4.98 Å². The van der Waals surface area contributed by atoms with Gasteiger partial charge in [0, 0.05) is 17.7 Å². The van der Waals surface area contributed by atoms with Crippen molar-refractivity contribution in [1.29, 1.82) is 0 Å². The van der Waals surface area contributed by atoms with Crippen molar-refractivity contribution in [3.05, 3.63) is 76.3 Å². The fourth-order valence-corrected chi connectivity index (χ4v) is 3.53. The SMILES string of the molecule is O=C(NNc1nc2ccc([N+](=O)[O-])cc2s1)c1cccc2ccccc12. The number of thiazole rings is 1. The highest BCUT2D eigenvalue weighted by atomic mass is 32.1. The number of non-ortho nitro benzene ring substituents is 1. The molecule has 0 aliphatic carbocycles. The number of nitrogens with zero attached hydrogens (tertiary/aromatic N) is 2. The maximum atomic E-state index is 12.5. The second kappa shape index (κ2) is 6.41.